The predicted octanol–water partition coefficient (Wildman–Crippen LogP) is 2.80. The summed E-state index contributed by atoms with van der Waals surface area (Å²) in [6.45, 7) is 0.314. The molecular weight excluding hydrogens is 262 g/mol. The van der Waals surface area contributed by atoms with Crippen LogP contribution in [0.4, 0.5) is 5.69 Å². The average molecular weight is 279 g/mol. The van der Waals surface area contributed by atoms with Crippen LogP contribution >= 0.6 is 0 Å². The summed E-state index contributed by atoms with van der Waals surface area (Å²) in [5.74, 6) is 0.128. The first-order valence-electron chi connectivity index (χ1n) is 6.95. The molecule has 0 aliphatic heterocycles. The van der Waals surface area contributed by atoms with E-state index in [0.29, 0.717) is 13.0 Å². The molecule has 3 aromatic rings. The van der Waals surface area contributed by atoms with Gasteiger partial charge in [0.2, 0.25) is 0 Å². The number of hydrogen-bond acceptors (Lipinski definition) is 3. The number of Topliss-reactive ketones (excluding diaryl/α,β-unsaturated/α-hetero) is 1. The van der Waals surface area contributed by atoms with Crippen LogP contribution in [0.15, 0.2) is 54.6 Å². The van der Waals surface area contributed by atoms with Crippen molar-refractivity contribution in [3.05, 3.63) is 60.3 Å². The standard InChI is InChI=1S/C17H17N3O/c1-20-17-10-6-5-9-15(17)16(19-20)11-14(21)12-18-13-7-3-2-4-8-13/h2-10,18H,11-12H2,1H3. The molecule has 1 aromatic heterocycles. The van der Waals surface area contributed by atoms with Gasteiger partial charge >= 0.3 is 0 Å². The van der Waals surface area contributed by atoms with Gasteiger partial charge in [0.05, 0.1) is 24.2 Å². The molecule has 4 heteroatoms. The van der Waals surface area contributed by atoms with Crippen LogP contribution in [0, 0.1) is 0 Å². The Bertz CT molecular complexity index is 762. The zero-order valence-electron chi connectivity index (χ0n) is 11.9. The first-order chi connectivity index (χ1) is 10.2. The van der Waals surface area contributed by atoms with Gasteiger partial charge in [-0.3, -0.25) is 9.48 Å². The number of ketones is 1. The highest BCUT2D eigenvalue weighted by Crippen LogP contribution is 2.18. The SMILES string of the molecule is Cn1nc(CC(=O)CNc2ccccc2)c2ccccc21. The Balaban J connectivity index is 1.69. The minimum Gasteiger partial charge on any atom is -0.378 e. The highest BCUT2D eigenvalue weighted by Gasteiger charge is 2.11. The first kappa shape index (κ1) is 13.4. The summed E-state index contributed by atoms with van der Waals surface area (Å²) in [6, 6.07) is 17.7. The average Bonchev–Trinajstić information content (AvgIpc) is 2.83. The molecule has 0 bridgehead atoms. The lowest BCUT2D eigenvalue weighted by Crippen LogP contribution is -2.16. The zero-order valence-corrected chi connectivity index (χ0v) is 11.9. The van der Waals surface area contributed by atoms with Crippen molar-refractivity contribution in [2.75, 3.05) is 11.9 Å². The maximum Gasteiger partial charge on any atom is 0.157 e. The Morgan fingerprint density at radius 1 is 1.10 bits per heavy atom. The molecule has 4 nitrogen and oxygen atoms in total. The van der Waals surface area contributed by atoms with Crippen molar-refractivity contribution in [2.45, 2.75) is 6.42 Å². The van der Waals surface area contributed by atoms with E-state index in [4.69, 9.17) is 0 Å². The minimum atomic E-state index is 0.128. The van der Waals surface area contributed by atoms with Crippen molar-refractivity contribution in [3.8, 4) is 0 Å². The van der Waals surface area contributed by atoms with Gasteiger partial charge in [0.1, 0.15) is 0 Å². The Morgan fingerprint density at radius 3 is 2.62 bits per heavy atom. The molecule has 1 N–H and O–H groups in total. The van der Waals surface area contributed by atoms with Crippen molar-refractivity contribution in [1.82, 2.24) is 9.78 Å². The van der Waals surface area contributed by atoms with Gasteiger partial charge in [-0.1, -0.05) is 36.4 Å². The number of hydrogen-bond donors (Lipinski definition) is 1. The summed E-state index contributed by atoms with van der Waals surface area (Å²) in [5, 5.41) is 8.64. The number of para-hydroxylation sites is 2. The van der Waals surface area contributed by atoms with E-state index in [2.05, 4.69) is 10.4 Å². The van der Waals surface area contributed by atoms with Gasteiger partial charge in [-0.25, -0.2) is 0 Å². The number of nitrogens with zero attached hydrogens (tertiary/aromatic N) is 2. The van der Waals surface area contributed by atoms with E-state index in [-0.39, 0.29) is 5.78 Å². The van der Waals surface area contributed by atoms with Crippen LogP contribution in [0.25, 0.3) is 10.9 Å². The molecule has 0 amide bonds. The second-order valence-corrected chi connectivity index (χ2v) is 5.02. The Kier molecular flexibility index (Phi) is 3.69. The normalized spacial score (nSPS) is 10.7. The van der Waals surface area contributed by atoms with Crippen molar-refractivity contribution < 1.29 is 4.79 Å². The van der Waals surface area contributed by atoms with Crippen LogP contribution in [0.5, 0.6) is 0 Å². The molecule has 0 spiro atoms. The minimum absolute atomic E-state index is 0.128. The van der Waals surface area contributed by atoms with Crippen LogP contribution in [-0.2, 0) is 18.3 Å². The van der Waals surface area contributed by atoms with E-state index in [9.17, 15) is 4.79 Å². The smallest absolute Gasteiger partial charge is 0.157 e. The number of rotatable bonds is 5. The van der Waals surface area contributed by atoms with Gasteiger partial charge in [-0.05, 0) is 18.2 Å². The topological polar surface area (TPSA) is 46.9 Å². The van der Waals surface area contributed by atoms with Gasteiger partial charge in [0, 0.05) is 18.1 Å². The summed E-state index contributed by atoms with van der Waals surface area (Å²) in [4.78, 5) is 12.1. The highest BCUT2D eigenvalue weighted by atomic mass is 16.1. The number of anilines is 1. The van der Waals surface area contributed by atoms with E-state index in [1.54, 1.807) is 0 Å². The van der Waals surface area contributed by atoms with Crippen molar-refractivity contribution in [1.29, 1.82) is 0 Å². The molecule has 2 aromatic carbocycles. The Hall–Kier alpha value is -2.62. The lowest BCUT2D eigenvalue weighted by molar-refractivity contribution is -0.116. The van der Waals surface area contributed by atoms with Crippen molar-refractivity contribution in [2.24, 2.45) is 7.05 Å². The lowest BCUT2D eigenvalue weighted by Gasteiger charge is -2.04. The summed E-state index contributed by atoms with van der Waals surface area (Å²) in [7, 11) is 1.90. The Labute approximate surface area is 123 Å². The maximum atomic E-state index is 12.1. The fourth-order valence-corrected chi connectivity index (χ4v) is 2.43. The zero-order chi connectivity index (χ0) is 14.7. The number of carbonyl (C=O) groups excluding carboxylic acids is 1. The molecule has 3 rings (SSSR count). The van der Waals surface area contributed by atoms with Gasteiger partial charge < -0.3 is 5.32 Å². The number of benzene rings is 2. The molecule has 0 fully saturated rings. The highest BCUT2D eigenvalue weighted by molar-refractivity contribution is 5.90. The van der Waals surface area contributed by atoms with E-state index in [1.165, 1.54) is 0 Å². The second kappa shape index (κ2) is 5.79. The van der Waals surface area contributed by atoms with E-state index in [1.807, 2.05) is 66.3 Å². The molecule has 0 saturated heterocycles. The summed E-state index contributed by atoms with van der Waals surface area (Å²) < 4.78 is 1.82. The van der Waals surface area contributed by atoms with E-state index < -0.39 is 0 Å². The number of carbonyl (C=O) groups is 1. The maximum absolute atomic E-state index is 12.1. The number of nitrogens with one attached hydrogen (secondary N) is 1. The molecule has 106 valence electrons. The fourth-order valence-electron chi connectivity index (χ4n) is 2.43. The van der Waals surface area contributed by atoms with Crippen LogP contribution in [0.1, 0.15) is 5.69 Å². The molecular formula is C17H17N3O. The summed E-state index contributed by atoms with van der Waals surface area (Å²) in [6.07, 6.45) is 0.348. The van der Waals surface area contributed by atoms with Gasteiger partial charge in [0.15, 0.2) is 5.78 Å². The second-order valence-electron chi connectivity index (χ2n) is 5.02. The number of aromatic nitrogens is 2. The summed E-state index contributed by atoms with van der Waals surface area (Å²) >= 11 is 0. The van der Waals surface area contributed by atoms with Gasteiger partial charge in [-0.15, -0.1) is 0 Å². The summed E-state index contributed by atoms with van der Waals surface area (Å²) in [5.41, 5.74) is 2.85. The lowest BCUT2D eigenvalue weighted by atomic mass is 10.1. The van der Waals surface area contributed by atoms with E-state index in [0.717, 1.165) is 22.3 Å². The third-order valence-electron chi connectivity index (χ3n) is 3.46. The Morgan fingerprint density at radius 2 is 1.81 bits per heavy atom. The molecule has 0 saturated carbocycles. The van der Waals surface area contributed by atoms with Crippen LogP contribution in [0.2, 0.25) is 0 Å². The number of fused-ring (bicyclic) bond motifs is 1. The molecule has 0 atom stereocenters. The van der Waals surface area contributed by atoms with Crippen molar-refractivity contribution >= 4 is 22.4 Å². The predicted molar refractivity (Wildman–Crippen MR) is 84.4 cm³/mol. The molecule has 21 heavy (non-hydrogen) atoms. The fraction of sp³-hybridized carbons (Fsp3) is 0.176. The van der Waals surface area contributed by atoms with Crippen molar-refractivity contribution in [3.63, 3.8) is 0 Å². The molecule has 0 radical (unpaired) electrons. The number of aryl methyl sites for hydroxylation is 1. The third kappa shape index (κ3) is 2.94. The molecule has 0 aliphatic rings. The van der Waals surface area contributed by atoms with Crippen LogP contribution in [-0.4, -0.2) is 22.1 Å². The molecule has 1 heterocycles. The monoisotopic (exact) mass is 279 g/mol. The van der Waals surface area contributed by atoms with E-state index >= 15 is 0 Å². The molecule has 0 aliphatic carbocycles. The first-order valence-corrected chi connectivity index (χ1v) is 6.95. The van der Waals surface area contributed by atoms with Crippen LogP contribution < -0.4 is 5.32 Å². The van der Waals surface area contributed by atoms with Gasteiger partial charge in [0.25, 0.3) is 0 Å². The van der Waals surface area contributed by atoms with Crippen LogP contribution in [0.3, 0.4) is 0 Å². The molecule has 0 unspecified atom stereocenters. The van der Waals surface area contributed by atoms with Gasteiger partial charge in [-0.2, -0.15) is 5.10 Å². The third-order valence-corrected chi connectivity index (χ3v) is 3.46. The largest absolute Gasteiger partial charge is 0.378 e. The quantitative estimate of drug-likeness (QED) is 0.781.